The summed E-state index contributed by atoms with van der Waals surface area (Å²) in [5.41, 5.74) is 1.16. The third-order valence-electron chi connectivity index (χ3n) is 2.12. The van der Waals surface area contributed by atoms with Crippen molar-refractivity contribution in [2.24, 2.45) is 0 Å². The molecule has 2 rings (SSSR count). The highest BCUT2D eigenvalue weighted by Crippen LogP contribution is 2.15. The molecule has 15 heavy (non-hydrogen) atoms. The SMILES string of the molecule is CCc1csc(NCCn2ccnc2)n1. The fourth-order valence-corrected chi connectivity index (χ4v) is 2.08. The van der Waals surface area contributed by atoms with E-state index in [-0.39, 0.29) is 0 Å². The molecular formula is C10H14N4S. The molecule has 4 nitrogen and oxygen atoms in total. The van der Waals surface area contributed by atoms with Crippen LogP contribution >= 0.6 is 11.3 Å². The van der Waals surface area contributed by atoms with Crippen molar-refractivity contribution >= 4 is 16.5 Å². The van der Waals surface area contributed by atoms with Crippen LogP contribution < -0.4 is 5.32 Å². The molecule has 1 N–H and O–H groups in total. The summed E-state index contributed by atoms with van der Waals surface area (Å²) in [7, 11) is 0. The van der Waals surface area contributed by atoms with Crippen LogP contribution in [-0.4, -0.2) is 21.1 Å². The van der Waals surface area contributed by atoms with E-state index in [1.807, 2.05) is 17.1 Å². The Kier molecular flexibility index (Phi) is 3.34. The molecule has 2 aromatic heterocycles. The fraction of sp³-hybridized carbons (Fsp3) is 0.400. The number of anilines is 1. The van der Waals surface area contributed by atoms with Crippen LogP contribution in [0.25, 0.3) is 0 Å². The van der Waals surface area contributed by atoms with Crippen molar-refractivity contribution in [2.45, 2.75) is 19.9 Å². The average molecular weight is 222 g/mol. The summed E-state index contributed by atoms with van der Waals surface area (Å²) in [5.74, 6) is 0. The first-order chi connectivity index (χ1) is 7.38. The molecule has 0 amide bonds. The molecule has 0 aromatic carbocycles. The highest BCUT2D eigenvalue weighted by molar-refractivity contribution is 7.13. The number of hydrogen-bond donors (Lipinski definition) is 1. The molecule has 0 aliphatic heterocycles. The van der Waals surface area contributed by atoms with Gasteiger partial charge in [-0.1, -0.05) is 6.92 Å². The monoisotopic (exact) mass is 222 g/mol. The molecule has 0 unspecified atom stereocenters. The van der Waals surface area contributed by atoms with Crippen molar-refractivity contribution in [2.75, 3.05) is 11.9 Å². The van der Waals surface area contributed by atoms with Crippen LogP contribution in [0.5, 0.6) is 0 Å². The molecule has 0 saturated carbocycles. The molecule has 2 aromatic rings. The molecule has 0 radical (unpaired) electrons. The third-order valence-corrected chi connectivity index (χ3v) is 2.97. The minimum Gasteiger partial charge on any atom is -0.360 e. The highest BCUT2D eigenvalue weighted by Gasteiger charge is 1.98. The van der Waals surface area contributed by atoms with E-state index in [0.29, 0.717) is 0 Å². The Balaban J connectivity index is 1.78. The van der Waals surface area contributed by atoms with Crippen LogP contribution in [0.1, 0.15) is 12.6 Å². The molecule has 0 fully saturated rings. The number of imidazole rings is 1. The van der Waals surface area contributed by atoms with Gasteiger partial charge in [0, 0.05) is 30.9 Å². The fourth-order valence-electron chi connectivity index (χ4n) is 1.26. The second-order valence-corrected chi connectivity index (χ2v) is 4.08. The van der Waals surface area contributed by atoms with Crippen molar-refractivity contribution < 1.29 is 0 Å². The van der Waals surface area contributed by atoms with Crippen molar-refractivity contribution in [3.05, 3.63) is 29.8 Å². The molecule has 0 aliphatic rings. The van der Waals surface area contributed by atoms with E-state index in [1.54, 1.807) is 17.5 Å². The maximum Gasteiger partial charge on any atom is 0.182 e. The summed E-state index contributed by atoms with van der Waals surface area (Å²) in [6.07, 6.45) is 6.57. The van der Waals surface area contributed by atoms with Gasteiger partial charge >= 0.3 is 0 Å². The number of nitrogens with zero attached hydrogens (tertiary/aromatic N) is 3. The summed E-state index contributed by atoms with van der Waals surface area (Å²) < 4.78 is 2.04. The molecule has 0 atom stereocenters. The molecule has 2 heterocycles. The Morgan fingerprint density at radius 1 is 1.53 bits per heavy atom. The van der Waals surface area contributed by atoms with Gasteiger partial charge in [-0.3, -0.25) is 0 Å². The number of aromatic nitrogens is 3. The van der Waals surface area contributed by atoms with Gasteiger partial charge in [-0.2, -0.15) is 0 Å². The van der Waals surface area contributed by atoms with Gasteiger partial charge in [0.2, 0.25) is 0 Å². The van der Waals surface area contributed by atoms with Gasteiger partial charge < -0.3 is 9.88 Å². The number of aryl methyl sites for hydroxylation is 1. The molecule has 0 bridgehead atoms. The molecule has 0 aliphatic carbocycles. The lowest BCUT2D eigenvalue weighted by atomic mass is 10.4. The number of thiazole rings is 1. The van der Waals surface area contributed by atoms with Crippen molar-refractivity contribution in [3.8, 4) is 0 Å². The first-order valence-corrected chi connectivity index (χ1v) is 5.90. The molecule has 80 valence electrons. The van der Waals surface area contributed by atoms with E-state index in [9.17, 15) is 0 Å². The van der Waals surface area contributed by atoms with Gasteiger partial charge in [0.15, 0.2) is 5.13 Å². The molecular weight excluding hydrogens is 208 g/mol. The summed E-state index contributed by atoms with van der Waals surface area (Å²) in [6.45, 7) is 3.92. The zero-order chi connectivity index (χ0) is 10.5. The van der Waals surface area contributed by atoms with Crippen LogP contribution in [0, 0.1) is 0 Å². The van der Waals surface area contributed by atoms with E-state index in [1.165, 1.54) is 0 Å². The van der Waals surface area contributed by atoms with Crippen molar-refractivity contribution in [1.82, 2.24) is 14.5 Å². The lowest BCUT2D eigenvalue weighted by molar-refractivity contribution is 0.726. The van der Waals surface area contributed by atoms with Gasteiger partial charge in [0.25, 0.3) is 0 Å². The standard InChI is InChI=1S/C10H14N4S/c1-2-9-7-15-10(13-9)12-4-6-14-5-3-11-8-14/h3,5,7-8H,2,4,6H2,1H3,(H,12,13). The Hall–Kier alpha value is -1.36. The summed E-state index contributed by atoms with van der Waals surface area (Å²) >= 11 is 1.66. The van der Waals surface area contributed by atoms with E-state index in [4.69, 9.17) is 0 Å². The predicted molar refractivity (Wildman–Crippen MR) is 62.2 cm³/mol. The van der Waals surface area contributed by atoms with E-state index < -0.39 is 0 Å². The quantitative estimate of drug-likeness (QED) is 0.841. The highest BCUT2D eigenvalue weighted by atomic mass is 32.1. The second kappa shape index (κ2) is 4.93. The van der Waals surface area contributed by atoms with Crippen molar-refractivity contribution in [3.63, 3.8) is 0 Å². The summed E-state index contributed by atoms with van der Waals surface area (Å²) in [6, 6.07) is 0. The Bertz CT molecular complexity index is 393. The number of hydrogen-bond acceptors (Lipinski definition) is 4. The smallest absolute Gasteiger partial charge is 0.182 e. The molecule has 0 spiro atoms. The first-order valence-electron chi connectivity index (χ1n) is 5.02. The van der Waals surface area contributed by atoms with Crippen LogP contribution in [0.2, 0.25) is 0 Å². The van der Waals surface area contributed by atoms with Gasteiger partial charge in [-0.05, 0) is 6.42 Å². The van der Waals surface area contributed by atoms with Crippen LogP contribution in [-0.2, 0) is 13.0 Å². The topological polar surface area (TPSA) is 42.7 Å². The lowest BCUT2D eigenvalue weighted by Crippen LogP contribution is -2.08. The third kappa shape index (κ3) is 2.79. The minimum atomic E-state index is 0.882. The summed E-state index contributed by atoms with van der Waals surface area (Å²) in [4.78, 5) is 8.42. The maximum absolute atomic E-state index is 4.43. The minimum absolute atomic E-state index is 0.882. The van der Waals surface area contributed by atoms with E-state index in [2.05, 4.69) is 27.6 Å². The Morgan fingerprint density at radius 2 is 2.47 bits per heavy atom. The molecule has 5 heteroatoms. The van der Waals surface area contributed by atoms with Gasteiger partial charge in [0.1, 0.15) is 0 Å². The summed E-state index contributed by atoms with van der Waals surface area (Å²) in [5, 5.41) is 6.40. The zero-order valence-corrected chi connectivity index (χ0v) is 9.50. The number of nitrogens with one attached hydrogen (secondary N) is 1. The lowest BCUT2D eigenvalue weighted by Gasteiger charge is -2.02. The van der Waals surface area contributed by atoms with Crippen LogP contribution in [0.4, 0.5) is 5.13 Å². The zero-order valence-electron chi connectivity index (χ0n) is 8.68. The normalized spacial score (nSPS) is 10.5. The largest absolute Gasteiger partial charge is 0.360 e. The predicted octanol–water partition coefficient (Wildman–Crippen LogP) is 2.01. The Labute approximate surface area is 93.0 Å². The number of rotatable bonds is 5. The van der Waals surface area contributed by atoms with Crippen LogP contribution in [0.15, 0.2) is 24.1 Å². The second-order valence-electron chi connectivity index (χ2n) is 3.22. The maximum atomic E-state index is 4.43. The van der Waals surface area contributed by atoms with E-state index >= 15 is 0 Å². The van der Waals surface area contributed by atoms with E-state index in [0.717, 1.165) is 30.3 Å². The Morgan fingerprint density at radius 3 is 3.13 bits per heavy atom. The molecule has 0 saturated heterocycles. The average Bonchev–Trinajstić information content (AvgIpc) is 2.88. The van der Waals surface area contributed by atoms with Gasteiger partial charge in [-0.25, -0.2) is 9.97 Å². The van der Waals surface area contributed by atoms with Crippen LogP contribution in [0.3, 0.4) is 0 Å². The first kappa shape index (κ1) is 10.2. The van der Waals surface area contributed by atoms with Crippen molar-refractivity contribution in [1.29, 1.82) is 0 Å². The van der Waals surface area contributed by atoms with Gasteiger partial charge in [0.05, 0.1) is 12.0 Å². The van der Waals surface area contributed by atoms with Gasteiger partial charge in [-0.15, -0.1) is 11.3 Å².